The van der Waals surface area contributed by atoms with Crippen molar-refractivity contribution in [1.29, 1.82) is 0 Å². The van der Waals surface area contributed by atoms with Gasteiger partial charge in [0.15, 0.2) is 5.96 Å². The highest BCUT2D eigenvalue weighted by atomic mass is 127. The molecule has 3 N–H and O–H groups in total. The van der Waals surface area contributed by atoms with Gasteiger partial charge in [-0.2, -0.15) is 0 Å². The molecule has 0 aromatic carbocycles. The Morgan fingerprint density at radius 2 is 1.83 bits per heavy atom. The van der Waals surface area contributed by atoms with Crippen LogP contribution in [0.4, 0.5) is 0 Å². The van der Waals surface area contributed by atoms with Crippen LogP contribution < -0.4 is 11.1 Å². The van der Waals surface area contributed by atoms with Gasteiger partial charge in [-0.05, 0) is 31.1 Å². The van der Waals surface area contributed by atoms with E-state index in [1.807, 2.05) is 0 Å². The van der Waals surface area contributed by atoms with Gasteiger partial charge in [-0.15, -0.1) is 24.0 Å². The highest BCUT2D eigenvalue weighted by Crippen LogP contribution is 2.20. The van der Waals surface area contributed by atoms with Crippen LogP contribution in [-0.4, -0.2) is 18.5 Å². The zero-order valence-electron chi connectivity index (χ0n) is 12.2. The van der Waals surface area contributed by atoms with Crippen molar-refractivity contribution in [2.75, 3.05) is 6.54 Å². The molecule has 0 aromatic rings. The summed E-state index contributed by atoms with van der Waals surface area (Å²) in [5.41, 5.74) is 6.30. The minimum Gasteiger partial charge on any atom is -0.370 e. The van der Waals surface area contributed by atoms with E-state index in [0.717, 1.165) is 13.0 Å². The second-order valence-electron chi connectivity index (χ2n) is 6.41. The van der Waals surface area contributed by atoms with Crippen LogP contribution >= 0.6 is 24.0 Å². The Bertz CT molecular complexity index is 240. The zero-order chi connectivity index (χ0) is 12.7. The molecule has 4 heteroatoms. The van der Waals surface area contributed by atoms with Gasteiger partial charge in [-0.3, -0.25) is 4.99 Å². The number of halogens is 1. The van der Waals surface area contributed by atoms with Crippen molar-refractivity contribution in [2.45, 2.75) is 71.8 Å². The van der Waals surface area contributed by atoms with Crippen molar-refractivity contribution in [2.24, 2.45) is 16.1 Å². The molecule has 0 bridgehead atoms. The molecule has 0 spiro atoms. The van der Waals surface area contributed by atoms with Gasteiger partial charge in [-0.25, -0.2) is 0 Å². The summed E-state index contributed by atoms with van der Waals surface area (Å²) in [6.07, 6.45) is 8.85. The maximum Gasteiger partial charge on any atom is 0.188 e. The molecule has 0 saturated heterocycles. The van der Waals surface area contributed by atoms with E-state index >= 15 is 0 Å². The Morgan fingerprint density at radius 3 is 2.39 bits per heavy atom. The SMILES string of the molecule is CC(C)(C)CCCN=C(N)NC1CCCCC1.I. The lowest BCUT2D eigenvalue weighted by Gasteiger charge is -2.23. The van der Waals surface area contributed by atoms with Crippen LogP contribution in [0, 0.1) is 5.41 Å². The van der Waals surface area contributed by atoms with Crippen LogP contribution in [0.25, 0.3) is 0 Å². The highest BCUT2D eigenvalue weighted by molar-refractivity contribution is 14.0. The van der Waals surface area contributed by atoms with E-state index in [2.05, 4.69) is 31.1 Å². The van der Waals surface area contributed by atoms with Crippen LogP contribution in [0.3, 0.4) is 0 Å². The average Bonchev–Trinajstić information content (AvgIpc) is 2.25. The summed E-state index contributed by atoms with van der Waals surface area (Å²) >= 11 is 0. The van der Waals surface area contributed by atoms with Crippen LogP contribution in [-0.2, 0) is 0 Å². The molecular weight excluding hydrogens is 337 g/mol. The van der Waals surface area contributed by atoms with E-state index in [4.69, 9.17) is 5.73 Å². The van der Waals surface area contributed by atoms with Gasteiger partial charge in [0.25, 0.3) is 0 Å². The van der Waals surface area contributed by atoms with Crippen molar-refractivity contribution in [3.63, 3.8) is 0 Å². The fraction of sp³-hybridized carbons (Fsp3) is 0.929. The second-order valence-corrected chi connectivity index (χ2v) is 6.41. The lowest BCUT2D eigenvalue weighted by Crippen LogP contribution is -2.41. The van der Waals surface area contributed by atoms with E-state index < -0.39 is 0 Å². The predicted octanol–water partition coefficient (Wildman–Crippen LogP) is 3.67. The Balaban J connectivity index is 0.00000289. The number of aliphatic imine (C=N–C) groups is 1. The van der Waals surface area contributed by atoms with Gasteiger partial charge >= 0.3 is 0 Å². The molecule has 18 heavy (non-hydrogen) atoms. The third kappa shape index (κ3) is 9.00. The molecule has 1 fully saturated rings. The normalized spacial score (nSPS) is 18.3. The van der Waals surface area contributed by atoms with Crippen molar-refractivity contribution in [1.82, 2.24) is 5.32 Å². The molecule has 0 unspecified atom stereocenters. The lowest BCUT2D eigenvalue weighted by atomic mass is 9.91. The topological polar surface area (TPSA) is 50.4 Å². The number of nitrogens with zero attached hydrogens (tertiary/aromatic N) is 1. The van der Waals surface area contributed by atoms with E-state index in [1.165, 1.54) is 38.5 Å². The standard InChI is InChI=1S/C14H29N3.HI/c1-14(2,3)10-7-11-16-13(15)17-12-8-5-4-6-9-12;/h12H,4-11H2,1-3H3,(H3,15,16,17);1H. The van der Waals surface area contributed by atoms with E-state index in [1.54, 1.807) is 0 Å². The molecule has 108 valence electrons. The molecule has 1 aliphatic carbocycles. The van der Waals surface area contributed by atoms with Gasteiger partial charge in [0.05, 0.1) is 0 Å². The second kappa shape index (κ2) is 8.99. The van der Waals surface area contributed by atoms with Gasteiger partial charge in [0.2, 0.25) is 0 Å². The Hall–Kier alpha value is 0. The minimum absolute atomic E-state index is 0. The van der Waals surface area contributed by atoms with Crippen LogP contribution in [0.15, 0.2) is 4.99 Å². The fourth-order valence-corrected chi connectivity index (χ4v) is 2.31. The van der Waals surface area contributed by atoms with Crippen molar-refractivity contribution in [3.8, 4) is 0 Å². The first-order valence-corrected chi connectivity index (χ1v) is 7.04. The van der Waals surface area contributed by atoms with Gasteiger partial charge in [0, 0.05) is 12.6 Å². The number of nitrogens with one attached hydrogen (secondary N) is 1. The Morgan fingerprint density at radius 1 is 1.22 bits per heavy atom. The van der Waals surface area contributed by atoms with Gasteiger partial charge in [0.1, 0.15) is 0 Å². The van der Waals surface area contributed by atoms with E-state index in [9.17, 15) is 0 Å². The molecule has 0 heterocycles. The maximum atomic E-state index is 5.89. The van der Waals surface area contributed by atoms with E-state index in [0.29, 0.717) is 17.4 Å². The molecule has 3 nitrogen and oxygen atoms in total. The smallest absolute Gasteiger partial charge is 0.188 e. The third-order valence-electron chi connectivity index (χ3n) is 3.32. The molecule has 1 rings (SSSR count). The molecule has 0 aromatic heterocycles. The number of guanidine groups is 1. The summed E-state index contributed by atoms with van der Waals surface area (Å²) in [6.45, 7) is 7.64. The molecule has 0 amide bonds. The number of hydrogen-bond donors (Lipinski definition) is 2. The fourth-order valence-electron chi connectivity index (χ4n) is 2.31. The maximum absolute atomic E-state index is 5.89. The van der Waals surface area contributed by atoms with Crippen LogP contribution in [0.5, 0.6) is 0 Å². The van der Waals surface area contributed by atoms with Crippen LogP contribution in [0.1, 0.15) is 65.7 Å². The first kappa shape index (κ1) is 18.0. The van der Waals surface area contributed by atoms with Crippen LogP contribution in [0.2, 0.25) is 0 Å². The Kier molecular flexibility index (Phi) is 8.99. The number of rotatable bonds is 4. The monoisotopic (exact) mass is 367 g/mol. The minimum atomic E-state index is 0. The van der Waals surface area contributed by atoms with E-state index in [-0.39, 0.29) is 24.0 Å². The summed E-state index contributed by atoms with van der Waals surface area (Å²) in [7, 11) is 0. The molecule has 0 radical (unpaired) electrons. The lowest BCUT2D eigenvalue weighted by molar-refractivity contribution is 0.368. The first-order chi connectivity index (χ1) is 7.97. The number of nitrogens with two attached hydrogens (primary N) is 1. The predicted molar refractivity (Wildman–Crippen MR) is 90.6 cm³/mol. The summed E-state index contributed by atoms with van der Waals surface area (Å²) < 4.78 is 0. The van der Waals surface area contributed by atoms with Crippen molar-refractivity contribution >= 4 is 29.9 Å². The molecular formula is C14H30IN3. The average molecular weight is 367 g/mol. The summed E-state index contributed by atoms with van der Waals surface area (Å²) in [6, 6.07) is 0.565. The summed E-state index contributed by atoms with van der Waals surface area (Å²) in [4.78, 5) is 4.40. The molecule has 0 aliphatic heterocycles. The van der Waals surface area contributed by atoms with Gasteiger partial charge in [-0.1, -0.05) is 40.0 Å². The number of hydrogen-bond acceptors (Lipinski definition) is 1. The first-order valence-electron chi connectivity index (χ1n) is 7.04. The summed E-state index contributed by atoms with van der Waals surface area (Å²) in [5, 5.41) is 3.34. The third-order valence-corrected chi connectivity index (χ3v) is 3.32. The molecule has 0 atom stereocenters. The van der Waals surface area contributed by atoms with Crippen molar-refractivity contribution < 1.29 is 0 Å². The quantitative estimate of drug-likeness (QED) is 0.345. The molecule has 1 aliphatic rings. The largest absolute Gasteiger partial charge is 0.370 e. The molecule has 1 saturated carbocycles. The van der Waals surface area contributed by atoms with Crippen molar-refractivity contribution in [3.05, 3.63) is 0 Å². The van der Waals surface area contributed by atoms with Gasteiger partial charge < -0.3 is 11.1 Å². The summed E-state index contributed by atoms with van der Waals surface area (Å²) in [5.74, 6) is 0.644. The highest BCUT2D eigenvalue weighted by Gasteiger charge is 2.13. The zero-order valence-corrected chi connectivity index (χ0v) is 14.5. The Labute approximate surface area is 129 Å².